The van der Waals surface area contributed by atoms with Gasteiger partial charge in [0, 0.05) is 19.6 Å². The van der Waals surface area contributed by atoms with Gasteiger partial charge in [0.1, 0.15) is 11.0 Å². The molecule has 7 nitrogen and oxygen atoms in total. The Kier molecular flexibility index (Phi) is 6.01. The number of hydrogen-bond acceptors (Lipinski definition) is 6. The normalized spacial score (nSPS) is 15.4. The highest BCUT2D eigenvalue weighted by Gasteiger charge is 2.30. The van der Waals surface area contributed by atoms with Gasteiger partial charge in [-0.25, -0.2) is 0 Å². The fourth-order valence-electron chi connectivity index (χ4n) is 3.42. The molecule has 3 aromatic rings. The van der Waals surface area contributed by atoms with E-state index >= 15 is 0 Å². The standard InChI is InChI=1S/C21H24N4O3S/c1-3-25-19(17-9-12-28-15(17)2)22-23-21(25)29-18(16-7-5-4-6-8-16)20(26)24-10-13-27-14-11-24/h4-9,12,18H,3,10-11,13-14H2,1-2H3/t18-/m1/s1. The monoisotopic (exact) mass is 412 g/mol. The molecule has 1 atom stereocenters. The van der Waals surface area contributed by atoms with Crippen LogP contribution in [0, 0.1) is 6.92 Å². The molecule has 0 bridgehead atoms. The molecule has 1 fully saturated rings. The number of amides is 1. The molecule has 1 amide bonds. The Balaban J connectivity index is 1.67. The number of thioether (sulfide) groups is 1. The summed E-state index contributed by atoms with van der Waals surface area (Å²) in [6, 6.07) is 11.8. The Morgan fingerprint density at radius 3 is 2.59 bits per heavy atom. The van der Waals surface area contributed by atoms with Crippen LogP contribution in [0.2, 0.25) is 0 Å². The molecule has 0 unspecified atom stereocenters. The molecule has 1 aliphatic rings. The maximum atomic E-state index is 13.4. The van der Waals surface area contributed by atoms with E-state index < -0.39 is 0 Å². The number of carbonyl (C=O) groups excluding carboxylic acids is 1. The van der Waals surface area contributed by atoms with E-state index in [9.17, 15) is 4.79 Å². The topological polar surface area (TPSA) is 73.4 Å². The summed E-state index contributed by atoms with van der Waals surface area (Å²) < 4.78 is 12.9. The summed E-state index contributed by atoms with van der Waals surface area (Å²) in [5, 5.41) is 9.15. The Bertz CT molecular complexity index is 963. The lowest BCUT2D eigenvalue weighted by Crippen LogP contribution is -2.42. The van der Waals surface area contributed by atoms with Crippen molar-refractivity contribution < 1.29 is 13.9 Å². The maximum Gasteiger partial charge on any atom is 0.240 e. The average molecular weight is 413 g/mol. The van der Waals surface area contributed by atoms with Crippen LogP contribution < -0.4 is 0 Å². The van der Waals surface area contributed by atoms with Crippen molar-refractivity contribution in [2.45, 2.75) is 30.8 Å². The largest absolute Gasteiger partial charge is 0.469 e. The van der Waals surface area contributed by atoms with Crippen LogP contribution in [0.15, 0.2) is 52.2 Å². The van der Waals surface area contributed by atoms with Gasteiger partial charge in [-0.3, -0.25) is 4.79 Å². The number of aromatic nitrogens is 3. The fourth-order valence-corrected chi connectivity index (χ4v) is 4.61. The van der Waals surface area contributed by atoms with Gasteiger partial charge in [0.25, 0.3) is 0 Å². The first-order valence-electron chi connectivity index (χ1n) is 9.74. The minimum Gasteiger partial charge on any atom is -0.469 e. The van der Waals surface area contributed by atoms with Crippen LogP contribution in [0.25, 0.3) is 11.4 Å². The van der Waals surface area contributed by atoms with Gasteiger partial charge in [0.05, 0.1) is 25.0 Å². The Morgan fingerprint density at radius 1 is 1.17 bits per heavy atom. The van der Waals surface area contributed by atoms with E-state index in [-0.39, 0.29) is 11.2 Å². The quantitative estimate of drug-likeness (QED) is 0.577. The number of hydrogen-bond donors (Lipinski definition) is 0. The number of rotatable bonds is 6. The highest BCUT2D eigenvalue weighted by atomic mass is 32.2. The van der Waals surface area contributed by atoms with Crippen molar-refractivity contribution in [3.8, 4) is 11.4 Å². The first kappa shape index (κ1) is 19.7. The second-order valence-electron chi connectivity index (χ2n) is 6.79. The molecule has 3 heterocycles. The molecule has 1 saturated heterocycles. The molecule has 1 aromatic carbocycles. The van der Waals surface area contributed by atoms with Gasteiger partial charge in [-0.1, -0.05) is 42.1 Å². The molecule has 152 valence electrons. The summed E-state index contributed by atoms with van der Waals surface area (Å²) in [7, 11) is 0. The molecule has 0 aliphatic carbocycles. The molecular weight excluding hydrogens is 388 g/mol. The van der Waals surface area contributed by atoms with Crippen LogP contribution in [0.5, 0.6) is 0 Å². The molecular formula is C21H24N4O3S. The van der Waals surface area contributed by atoms with E-state index in [4.69, 9.17) is 9.15 Å². The molecule has 8 heteroatoms. The maximum absolute atomic E-state index is 13.4. The van der Waals surface area contributed by atoms with E-state index in [1.54, 1.807) is 6.26 Å². The van der Waals surface area contributed by atoms with Crippen LogP contribution in [0.3, 0.4) is 0 Å². The number of benzene rings is 1. The summed E-state index contributed by atoms with van der Waals surface area (Å²) >= 11 is 1.45. The van der Waals surface area contributed by atoms with Gasteiger partial charge >= 0.3 is 0 Å². The molecule has 0 spiro atoms. The number of nitrogens with zero attached hydrogens (tertiary/aromatic N) is 4. The van der Waals surface area contributed by atoms with Gasteiger partial charge in [0.2, 0.25) is 5.91 Å². The third-order valence-corrected chi connectivity index (χ3v) is 6.23. The summed E-state index contributed by atoms with van der Waals surface area (Å²) in [6.45, 7) is 7.03. The van der Waals surface area contributed by atoms with Crippen LogP contribution in [-0.2, 0) is 16.1 Å². The lowest BCUT2D eigenvalue weighted by Gasteiger charge is -2.30. The van der Waals surface area contributed by atoms with Crippen molar-refractivity contribution in [2.24, 2.45) is 0 Å². The summed E-state index contributed by atoms with van der Waals surface area (Å²) in [6.07, 6.45) is 1.65. The van der Waals surface area contributed by atoms with Crippen LogP contribution in [-0.4, -0.2) is 51.9 Å². The third kappa shape index (κ3) is 4.09. The minimum atomic E-state index is -0.387. The molecule has 1 aliphatic heterocycles. The zero-order chi connectivity index (χ0) is 20.2. The van der Waals surface area contributed by atoms with Crippen molar-refractivity contribution in [3.63, 3.8) is 0 Å². The second-order valence-corrected chi connectivity index (χ2v) is 7.86. The van der Waals surface area contributed by atoms with E-state index in [1.807, 2.05) is 59.7 Å². The first-order chi connectivity index (χ1) is 14.2. The van der Waals surface area contributed by atoms with E-state index in [1.165, 1.54) is 11.8 Å². The highest BCUT2D eigenvalue weighted by Crippen LogP contribution is 2.37. The van der Waals surface area contributed by atoms with Gasteiger partial charge < -0.3 is 18.6 Å². The molecule has 0 N–H and O–H groups in total. The predicted molar refractivity (Wildman–Crippen MR) is 111 cm³/mol. The molecule has 2 aromatic heterocycles. The summed E-state index contributed by atoms with van der Waals surface area (Å²) in [5.74, 6) is 1.63. The molecule has 29 heavy (non-hydrogen) atoms. The molecule has 0 radical (unpaired) electrons. The summed E-state index contributed by atoms with van der Waals surface area (Å²) in [5.41, 5.74) is 1.88. The predicted octanol–water partition coefficient (Wildman–Crippen LogP) is 3.56. The van der Waals surface area contributed by atoms with Gasteiger partial charge in [-0.15, -0.1) is 10.2 Å². The van der Waals surface area contributed by atoms with Crippen molar-refractivity contribution in [3.05, 3.63) is 54.0 Å². The van der Waals surface area contributed by atoms with E-state index in [0.717, 1.165) is 27.9 Å². The number of aryl methyl sites for hydroxylation is 1. The van der Waals surface area contributed by atoms with Gasteiger partial charge in [-0.2, -0.15) is 0 Å². The zero-order valence-electron chi connectivity index (χ0n) is 16.6. The minimum absolute atomic E-state index is 0.0798. The first-order valence-corrected chi connectivity index (χ1v) is 10.6. The van der Waals surface area contributed by atoms with E-state index in [0.29, 0.717) is 32.8 Å². The van der Waals surface area contributed by atoms with Gasteiger partial charge in [0.15, 0.2) is 11.0 Å². The molecule has 0 saturated carbocycles. The smallest absolute Gasteiger partial charge is 0.240 e. The van der Waals surface area contributed by atoms with Crippen molar-refractivity contribution in [1.29, 1.82) is 0 Å². The van der Waals surface area contributed by atoms with Gasteiger partial charge in [-0.05, 0) is 25.5 Å². The lowest BCUT2D eigenvalue weighted by molar-refractivity contribution is -0.134. The fraction of sp³-hybridized carbons (Fsp3) is 0.381. The average Bonchev–Trinajstić information content (AvgIpc) is 3.37. The summed E-state index contributed by atoms with van der Waals surface area (Å²) in [4.78, 5) is 15.2. The van der Waals surface area contributed by atoms with Crippen molar-refractivity contribution >= 4 is 17.7 Å². The SMILES string of the molecule is CCn1c(S[C@@H](C(=O)N2CCOCC2)c2ccccc2)nnc1-c1ccoc1C. The second kappa shape index (κ2) is 8.84. The Hall–Kier alpha value is -2.58. The van der Waals surface area contributed by atoms with Crippen LogP contribution in [0.1, 0.15) is 23.5 Å². The lowest BCUT2D eigenvalue weighted by atomic mass is 10.1. The number of ether oxygens (including phenoxy) is 1. The molecule has 4 rings (SSSR count). The Morgan fingerprint density at radius 2 is 1.93 bits per heavy atom. The van der Waals surface area contributed by atoms with Crippen LogP contribution in [0.4, 0.5) is 0 Å². The zero-order valence-corrected chi connectivity index (χ0v) is 17.4. The Labute approximate surface area is 174 Å². The van der Waals surface area contributed by atoms with Crippen LogP contribution >= 0.6 is 11.8 Å². The number of carbonyl (C=O) groups is 1. The van der Waals surface area contributed by atoms with E-state index in [2.05, 4.69) is 10.2 Å². The van der Waals surface area contributed by atoms with Crippen molar-refractivity contribution in [1.82, 2.24) is 19.7 Å². The van der Waals surface area contributed by atoms with Crippen molar-refractivity contribution in [2.75, 3.05) is 26.3 Å². The third-order valence-electron chi connectivity index (χ3n) is 5.01. The highest BCUT2D eigenvalue weighted by molar-refractivity contribution is 8.00. The number of furan rings is 1. The number of morpholine rings is 1.